The first-order chi connectivity index (χ1) is 10.2. The third-order valence-electron chi connectivity index (χ3n) is 4.54. The molecule has 1 aliphatic carbocycles. The predicted octanol–water partition coefficient (Wildman–Crippen LogP) is 5.00. The van der Waals surface area contributed by atoms with Gasteiger partial charge in [0.25, 0.3) is 0 Å². The van der Waals surface area contributed by atoms with Crippen molar-refractivity contribution in [3.05, 3.63) is 28.8 Å². The highest BCUT2D eigenvalue weighted by Crippen LogP contribution is 2.29. The van der Waals surface area contributed by atoms with Crippen LogP contribution >= 0.6 is 11.6 Å². The topological polar surface area (TPSA) is 15.3 Å². The van der Waals surface area contributed by atoms with Gasteiger partial charge in [0.05, 0.1) is 0 Å². The Morgan fingerprint density at radius 1 is 1.19 bits per heavy atom. The molecule has 0 bridgehead atoms. The summed E-state index contributed by atoms with van der Waals surface area (Å²) in [5.74, 6) is 0. The Morgan fingerprint density at radius 2 is 1.90 bits per heavy atom. The monoisotopic (exact) mass is 308 g/mol. The Kier molecular flexibility index (Phi) is 6.85. The zero-order valence-corrected chi connectivity index (χ0v) is 14.3. The van der Waals surface area contributed by atoms with Crippen LogP contribution in [0.3, 0.4) is 0 Å². The average Bonchev–Trinajstić information content (AvgIpc) is 2.76. The molecule has 1 aromatic rings. The Balaban J connectivity index is 2.12. The minimum Gasteiger partial charge on any atom is -0.371 e. The molecule has 0 spiro atoms. The van der Waals surface area contributed by atoms with Crippen LogP contribution < -0.4 is 10.2 Å². The highest BCUT2D eigenvalue weighted by atomic mass is 35.5. The molecule has 0 aromatic heterocycles. The number of hydrogen-bond donors (Lipinski definition) is 1. The number of anilines is 1. The molecular weight excluding hydrogens is 280 g/mol. The third kappa shape index (κ3) is 4.89. The van der Waals surface area contributed by atoms with E-state index in [9.17, 15) is 0 Å². The number of benzene rings is 1. The van der Waals surface area contributed by atoms with Crippen LogP contribution in [0.4, 0.5) is 5.69 Å². The molecule has 0 aliphatic heterocycles. The normalized spacial score (nSPS) is 16.7. The second-order valence-electron chi connectivity index (χ2n) is 6.21. The van der Waals surface area contributed by atoms with Crippen LogP contribution in [0.1, 0.15) is 57.4 Å². The van der Waals surface area contributed by atoms with E-state index in [1.54, 1.807) is 0 Å². The molecule has 3 heteroatoms. The maximum atomic E-state index is 6.20. The van der Waals surface area contributed by atoms with E-state index < -0.39 is 0 Å². The Bertz CT molecular complexity index is 425. The van der Waals surface area contributed by atoms with Gasteiger partial charge in [0.15, 0.2) is 0 Å². The lowest BCUT2D eigenvalue weighted by Gasteiger charge is -2.31. The molecule has 2 nitrogen and oxygen atoms in total. The molecule has 0 saturated heterocycles. The van der Waals surface area contributed by atoms with Gasteiger partial charge in [-0.2, -0.15) is 0 Å². The molecule has 0 atom stereocenters. The van der Waals surface area contributed by atoms with Crippen LogP contribution in [0.15, 0.2) is 18.2 Å². The summed E-state index contributed by atoms with van der Waals surface area (Å²) in [5, 5.41) is 4.34. The van der Waals surface area contributed by atoms with Gasteiger partial charge in [-0.05, 0) is 49.6 Å². The molecule has 1 aromatic carbocycles. The van der Waals surface area contributed by atoms with Crippen LogP contribution in [0.2, 0.25) is 5.02 Å². The summed E-state index contributed by atoms with van der Waals surface area (Å²) in [5.41, 5.74) is 2.66. The molecule has 1 aliphatic rings. The van der Waals surface area contributed by atoms with E-state index >= 15 is 0 Å². The van der Waals surface area contributed by atoms with E-state index in [1.807, 2.05) is 6.07 Å². The van der Waals surface area contributed by atoms with Gasteiger partial charge in [0.2, 0.25) is 0 Å². The summed E-state index contributed by atoms with van der Waals surface area (Å²) in [7, 11) is 2.25. The fraction of sp³-hybridized carbons (Fsp3) is 0.667. The minimum atomic E-state index is 0.679. The molecule has 1 fully saturated rings. The van der Waals surface area contributed by atoms with Crippen LogP contribution in [0.5, 0.6) is 0 Å². The van der Waals surface area contributed by atoms with Gasteiger partial charge in [0.1, 0.15) is 0 Å². The fourth-order valence-electron chi connectivity index (χ4n) is 3.28. The van der Waals surface area contributed by atoms with Crippen molar-refractivity contribution in [3.8, 4) is 0 Å². The lowest BCUT2D eigenvalue weighted by Crippen LogP contribution is -2.32. The molecule has 118 valence electrons. The first-order valence-corrected chi connectivity index (χ1v) is 8.82. The quantitative estimate of drug-likeness (QED) is 0.588. The van der Waals surface area contributed by atoms with Crippen LogP contribution in [-0.2, 0) is 6.54 Å². The smallest absolute Gasteiger partial charge is 0.0412 e. The van der Waals surface area contributed by atoms with E-state index in [1.165, 1.54) is 49.8 Å². The van der Waals surface area contributed by atoms with Gasteiger partial charge in [-0.1, -0.05) is 44.2 Å². The fourth-order valence-corrected chi connectivity index (χ4v) is 3.48. The van der Waals surface area contributed by atoms with Crippen molar-refractivity contribution in [1.29, 1.82) is 0 Å². The van der Waals surface area contributed by atoms with E-state index in [4.69, 9.17) is 11.6 Å². The third-order valence-corrected chi connectivity index (χ3v) is 4.77. The van der Waals surface area contributed by atoms with Crippen molar-refractivity contribution in [1.82, 2.24) is 5.32 Å². The first-order valence-electron chi connectivity index (χ1n) is 8.44. The average molecular weight is 309 g/mol. The van der Waals surface area contributed by atoms with E-state index in [0.29, 0.717) is 6.04 Å². The molecule has 0 unspecified atom stereocenters. The number of halogens is 1. The van der Waals surface area contributed by atoms with Gasteiger partial charge in [0, 0.05) is 30.3 Å². The maximum absolute atomic E-state index is 6.20. The molecule has 2 rings (SSSR count). The van der Waals surface area contributed by atoms with E-state index in [2.05, 4.69) is 36.3 Å². The van der Waals surface area contributed by atoms with Crippen molar-refractivity contribution in [2.45, 2.75) is 64.5 Å². The zero-order valence-electron chi connectivity index (χ0n) is 13.5. The standard InChI is InChI=1S/C18H29ClN2/c1-3-12-20-14-15-13-16(19)10-11-18(15)21(2)17-8-6-4-5-7-9-17/h10-11,13,17,20H,3-9,12,14H2,1-2H3. The Hall–Kier alpha value is -0.730. The molecule has 1 N–H and O–H groups in total. The Labute approximate surface area is 134 Å². The van der Waals surface area contributed by atoms with E-state index in [0.717, 1.165) is 24.5 Å². The number of nitrogens with one attached hydrogen (secondary N) is 1. The predicted molar refractivity (Wildman–Crippen MR) is 93.3 cm³/mol. The van der Waals surface area contributed by atoms with E-state index in [-0.39, 0.29) is 0 Å². The number of hydrogen-bond acceptors (Lipinski definition) is 2. The van der Waals surface area contributed by atoms with Gasteiger partial charge < -0.3 is 10.2 Å². The summed E-state index contributed by atoms with van der Waals surface area (Å²) in [6.45, 7) is 4.16. The van der Waals surface area contributed by atoms with Gasteiger partial charge in [-0.25, -0.2) is 0 Å². The van der Waals surface area contributed by atoms with Crippen molar-refractivity contribution < 1.29 is 0 Å². The van der Waals surface area contributed by atoms with Gasteiger partial charge >= 0.3 is 0 Å². The summed E-state index contributed by atoms with van der Waals surface area (Å²) in [6.07, 6.45) is 9.33. The van der Waals surface area contributed by atoms with Crippen molar-refractivity contribution >= 4 is 17.3 Å². The summed E-state index contributed by atoms with van der Waals surface area (Å²) in [6, 6.07) is 7.01. The second kappa shape index (κ2) is 8.65. The lowest BCUT2D eigenvalue weighted by atomic mass is 10.0. The molecule has 0 radical (unpaired) electrons. The van der Waals surface area contributed by atoms with Crippen molar-refractivity contribution in [2.24, 2.45) is 0 Å². The number of rotatable bonds is 6. The van der Waals surface area contributed by atoms with Gasteiger partial charge in [-0.3, -0.25) is 0 Å². The summed E-state index contributed by atoms with van der Waals surface area (Å²) < 4.78 is 0. The largest absolute Gasteiger partial charge is 0.371 e. The van der Waals surface area contributed by atoms with Crippen LogP contribution in [0, 0.1) is 0 Å². The Morgan fingerprint density at radius 3 is 2.57 bits per heavy atom. The highest BCUT2D eigenvalue weighted by Gasteiger charge is 2.19. The minimum absolute atomic E-state index is 0.679. The molecule has 0 heterocycles. The number of nitrogens with zero attached hydrogens (tertiary/aromatic N) is 1. The lowest BCUT2D eigenvalue weighted by molar-refractivity contribution is 0.550. The SMILES string of the molecule is CCCNCc1cc(Cl)ccc1N(C)C1CCCCCC1. The first kappa shape index (κ1) is 16.6. The summed E-state index contributed by atoms with van der Waals surface area (Å²) in [4.78, 5) is 2.49. The zero-order chi connectivity index (χ0) is 15.1. The van der Waals surface area contributed by atoms with Crippen LogP contribution in [0.25, 0.3) is 0 Å². The molecule has 0 amide bonds. The van der Waals surface area contributed by atoms with Crippen molar-refractivity contribution in [3.63, 3.8) is 0 Å². The molecule has 21 heavy (non-hydrogen) atoms. The van der Waals surface area contributed by atoms with Crippen molar-refractivity contribution in [2.75, 3.05) is 18.5 Å². The summed E-state index contributed by atoms with van der Waals surface area (Å²) >= 11 is 6.20. The van der Waals surface area contributed by atoms with Crippen LogP contribution in [-0.4, -0.2) is 19.6 Å². The molecule has 1 saturated carbocycles. The highest BCUT2D eigenvalue weighted by molar-refractivity contribution is 6.30. The van der Waals surface area contributed by atoms with Gasteiger partial charge in [-0.15, -0.1) is 0 Å². The second-order valence-corrected chi connectivity index (χ2v) is 6.64. The molecular formula is C18H29ClN2. The maximum Gasteiger partial charge on any atom is 0.0412 e.